The van der Waals surface area contributed by atoms with Crippen molar-refractivity contribution in [2.75, 3.05) is 24.5 Å². The summed E-state index contributed by atoms with van der Waals surface area (Å²) in [6, 6.07) is 0.510. The first-order valence-electron chi connectivity index (χ1n) is 8.20. The third-order valence-electron chi connectivity index (χ3n) is 4.56. The second kappa shape index (κ2) is 6.57. The Bertz CT molecular complexity index is 414. The smallest absolute Gasteiger partial charge is 0.266 e. The van der Waals surface area contributed by atoms with E-state index in [0.717, 1.165) is 31.5 Å². The molecule has 1 saturated heterocycles. The zero-order valence-corrected chi connectivity index (χ0v) is 12.5. The lowest BCUT2D eigenvalue weighted by molar-refractivity contribution is 0.262. The van der Waals surface area contributed by atoms with Gasteiger partial charge in [-0.1, -0.05) is 19.8 Å². The molecular weight excluding hydrogens is 252 g/mol. The number of hydrogen-bond acceptors (Lipinski definition) is 5. The fourth-order valence-corrected chi connectivity index (χ4v) is 3.42. The van der Waals surface area contributed by atoms with E-state index in [2.05, 4.69) is 27.3 Å². The standard InChI is InChI=1S/C15H26N4O/c1-2-9-16-13-8-4-3-7-12(13)14-17-15(18-20-14)19-10-5-6-11-19/h12-13,16H,2-11H2,1H3. The Morgan fingerprint density at radius 2 is 2.00 bits per heavy atom. The van der Waals surface area contributed by atoms with Crippen LogP contribution >= 0.6 is 0 Å². The molecule has 1 N–H and O–H groups in total. The predicted molar refractivity (Wildman–Crippen MR) is 79.0 cm³/mol. The Labute approximate surface area is 121 Å². The van der Waals surface area contributed by atoms with Gasteiger partial charge in [-0.3, -0.25) is 0 Å². The first-order valence-corrected chi connectivity index (χ1v) is 8.20. The van der Waals surface area contributed by atoms with E-state index in [1.165, 1.54) is 44.9 Å². The summed E-state index contributed by atoms with van der Waals surface area (Å²) < 4.78 is 5.58. The summed E-state index contributed by atoms with van der Waals surface area (Å²) in [6.45, 7) is 5.43. The number of anilines is 1. The van der Waals surface area contributed by atoms with E-state index in [-0.39, 0.29) is 0 Å². The highest BCUT2D eigenvalue weighted by molar-refractivity contribution is 5.29. The van der Waals surface area contributed by atoms with Crippen molar-refractivity contribution in [1.29, 1.82) is 0 Å². The lowest BCUT2D eigenvalue weighted by Crippen LogP contribution is -2.37. The number of rotatable bonds is 5. The molecular formula is C15H26N4O. The summed E-state index contributed by atoms with van der Waals surface area (Å²) in [5, 5.41) is 7.86. The van der Waals surface area contributed by atoms with Gasteiger partial charge < -0.3 is 14.7 Å². The van der Waals surface area contributed by atoms with Gasteiger partial charge in [-0.25, -0.2) is 0 Å². The van der Waals surface area contributed by atoms with E-state index in [4.69, 9.17) is 4.52 Å². The average Bonchev–Trinajstić information content (AvgIpc) is 3.15. The second-order valence-electron chi connectivity index (χ2n) is 6.08. The minimum absolute atomic E-state index is 0.402. The van der Waals surface area contributed by atoms with Crippen molar-refractivity contribution in [1.82, 2.24) is 15.5 Å². The van der Waals surface area contributed by atoms with E-state index in [1.807, 2.05) is 0 Å². The van der Waals surface area contributed by atoms with Crippen LogP contribution in [0.4, 0.5) is 5.95 Å². The summed E-state index contributed by atoms with van der Waals surface area (Å²) in [7, 11) is 0. The highest BCUT2D eigenvalue weighted by Gasteiger charge is 2.31. The van der Waals surface area contributed by atoms with E-state index in [0.29, 0.717) is 12.0 Å². The maximum absolute atomic E-state index is 5.58. The zero-order valence-electron chi connectivity index (χ0n) is 12.5. The Morgan fingerprint density at radius 3 is 2.80 bits per heavy atom. The van der Waals surface area contributed by atoms with Gasteiger partial charge in [0.15, 0.2) is 0 Å². The Hall–Kier alpha value is -1.10. The normalized spacial score (nSPS) is 27.1. The van der Waals surface area contributed by atoms with Crippen molar-refractivity contribution in [3.8, 4) is 0 Å². The molecule has 2 fully saturated rings. The minimum atomic E-state index is 0.402. The fraction of sp³-hybridized carbons (Fsp3) is 0.867. The van der Waals surface area contributed by atoms with Crippen LogP contribution in [-0.2, 0) is 0 Å². The third kappa shape index (κ3) is 2.97. The lowest BCUT2D eigenvalue weighted by atomic mass is 9.84. The molecule has 2 unspecified atom stereocenters. The van der Waals surface area contributed by atoms with Crippen molar-refractivity contribution < 1.29 is 4.52 Å². The van der Waals surface area contributed by atoms with Gasteiger partial charge in [0, 0.05) is 19.1 Å². The van der Waals surface area contributed by atoms with Crippen molar-refractivity contribution in [3.05, 3.63) is 5.89 Å². The predicted octanol–water partition coefficient (Wildman–Crippen LogP) is 2.70. The second-order valence-corrected chi connectivity index (χ2v) is 6.08. The van der Waals surface area contributed by atoms with Gasteiger partial charge in [-0.05, 0) is 43.8 Å². The number of aromatic nitrogens is 2. The van der Waals surface area contributed by atoms with Gasteiger partial charge in [0.2, 0.25) is 5.89 Å². The molecule has 2 aliphatic rings. The van der Waals surface area contributed by atoms with E-state index >= 15 is 0 Å². The first kappa shape index (κ1) is 13.9. The number of hydrogen-bond donors (Lipinski definition) is 1. The molecule has 0 amide bonds. The van der Waals surface area contributed by atoms with Gasteiger partial charge in [0.1, 0.15) is 0 Å². The van der Waals surface area contributed by atoms with Gasteiger partial charge >= 0.3 is 0 Å². The molecule has 2 atom stereocenters. The summed E-state index contributed by atoms with van der Waals surface area (Å²) in [5.74, 6) is 2.05. The molecule has 1 aromatic rings. The maximum atomic E-state index is 5.58. The SMILES string of the molecule is CCCNC1CCCCC1c1nc(N2CCCC2)no1. The minimum Gasteiger partial charge on any atom is -0.338 e. The van der Waals surface area contributed by atoms with Gasteiger partial charge in [-0.15, -0.1) is 0 Å². The zero-order chi connectivity index (χ0) is 13.8. The molecule has 5 heteroatoms. The lowest BCUT2D eigenvalue weighted by Gasteiger charge is -2.29. The highest BCUT2D eigenvalue weighted by atomic mass is 16.5. The highest BCUT2D eigenvalue weighted by Crippen LogP contribution is 2.33. The molecule has 1 saturated carbocycles. The van der Waals surface area contributed by atoms with Crippen LogP contribution in [0.5, 0.6) is 0 Å². The van der Waals surface area contributed by atoms with Crippen LogP contribution in [0, 0.1) is 0 Å². The van der Waals surface area contributed by atoms with Crippen molar-refractivity contribution in [2.24, 2.45) is 0 Å². The first-order chi connectivity index (χ1) is 9.88. The number of nitrogens with one attached hydrogen (secondary N) is 1. The summed E-state index contributed by atoms with van der Waals surface area (Å²) >= 11 is 0. The summed E-state index contributed by atoms with van der Waals surface area (Å²) in [5.41, 5.74) is 0. The van der Waals surface area contributed by atoms with Crippen LogP contribution in [0.3, 0.4) is 0 Å². The molecule has 112 valence electrons. The van der Waals surface area contributed by atoms with Crippen LogP contribution in [-0.4, -0.2) is 35.8 Å². The monoisotopic (exact) mass is 278 g/mol. The van der Waals surface area contributed by atoms with Crippen LogP contribution < -0.4 is 10.2 Å². The van der Waals surface area contributed by atoms with E-state index < -0.39 is 0 Å². The van der Waals surface area contributed by atoms with Gasteiger partial charge in [-0.2, -0.15) is 4.98 Å². The van der Waals surface area contributed by atoms with Gasteiger partial charge in [0.25, 0.3) is 5.95 Å². The molecule has 1 aromatic heterocycles. The molecule has 1 aliphatic heterocycles. The summed E-state index contributed by atoms with van der Waals surface area (Å²) in [6.07, 6.45) is 8.64. The topological polar surface area (TPSA) is 54.2 Å². The van der Waals surface area contributed by atoms with E-state index in [9.17, 15) is 0 Å². The Morgan fingerprint density at radius 1 is 1.20 bits per heavy atom. The van der Waals surface area contributed by atoms with Crippen LogP contribution in [0.2, 0.25) is 0 Å². The molecule has 5 nitrogen and oxygen atoms in total. The Balaban J connectivity index is 1.69. The molecule has 0 aromatic carbocycles. The molecule has 0 bridgehead atoms. The largest absolute Gasteiger partial charge is 0.338 e. The van der Waals surface area contributed by atoms with Gasteiger partial charge in [0.05, 0.1) is 5.92 Å². The molecule has 2 heterocycles. The Kier molecular flexibility index (Phi) is 4.55. The summed E-state index contributed by atoms with van der Waals surface area (Å²) in [4.78, 5) is 6.92. The van der Waals surface area contributed by atoms with E-state index in [1.54, 1.807) is 0 Å². The average molecular weight is 278 g/mol. The number of nitrogens with zero attached hydrogens (tertiary/aromatic N) is 3. The van der Waals surface area contributed by atoms with Crippen LogP contribution in [0.15, 0.2) is 4.52 Å². The fourth-order valence-electron chi connectivity index (χ4n) is 3.42. The molecule has 1 aliphatic carbocycles. The van der Waals surface area contributed by atoms with Crippen LogP contribution in [0.1, 0.15) is 63.7 Å². The third-order valence-corrected chi connectivity index (χ3v) is 4.56. The molecule has 0 spiro atoms. The molecule has 0 radical (unpaired) electrons. The maximum Gasteiger partial charge on any atom is 0.266 e. The van der Waals surface area contributed by atoms with Crippen LogP contribution in [0.25, 0.3) is 0 Å². The van der Waals surface area contributed by atoms with Crippen molar-refractivity contribution >= 4 is 5.95 Å². The molecule has 20 heavy (non-hydrogen) atoms. The van der Waals surface area contributed by atoms with Crippen molar-refractivity contribution in [3.63, 3.8) is 0 Å². The quantitative estimate of drug-likeness (QED) is 0.897. The van der Waals surface area contributed by atoms with Crippen molar-refractivity contribution in [2.45, 2.75) is 63.8 Å². The molecule has 3 rings (SSSR count).